The van der Waals surface area contributed by atoms with Crippen LogP contribution in [0.2, 0.25) is 0 Å². The van der Waals surface area contributed by atoms with Crippen molar-refractivity contribution in [3.05, 3.63) is 0 Å². The molecule has 2 nitrogen and oxygen atoms in total. The van der Waals surface area contributed by atoms with Gasteiger partial charge in [0, 0.05) is 18.1 Å². The number of hydrogen-bond donors (Lipinski definition) is 1. The Morgan fingerprint density at radius 3 is 2.67 bits per heavy atom. The zero-order valence-corrected chi connectivity index (χ0v) is 8.00. The summed E-state index contributed by atoms with van der Waals surface area (Å²) in [5.41, 5.74) is 6.10. The molecule has 2 N–H and O–H groups in total. The van der Waals surface area contributed by atoms with Crippen LogP contribution in [0.3, 0.4) is 0 Å². The molecule has 2 unspecified atom stereocenters. The monoisotopic (exact) mass is 168 g/mol. The number of rotatable bonds is 2. The lowest BCUT2D eigenvalue weighted by atomic mass is 9.95. The molecule has 70 valence electrons. The number of nitrogens with zero attached hydrogens (tertiary/aromatic N) is 1. The average Bonchev–Trinajstić information content (AvgIpc) is 2.86. The molecule has 2 fully saturated rings. The highest BCUT2D eigenvalue weighted by atomic mass is 15.2. The molecule has 0 radical (unpaired) electrons. The Labute approximate surface area is 75.1 Å². The van der Waals surface area contributed by atoms with Gasteiger partial charge in [-0.1, -0.05) is 6.92 Å². The highest BCUT2D eigenvalue weighted by Gasteiger charge is 2.37. The molecule has 0 aromatic heterocycles. The minimum absolute atomic E-state index is 0.448. The van der Waals surface area contributed by atoms with Gasteiger partial charge in [-0.05, 0) is 38.6 Å². The highest BCUT2D eigenvalue weighted by Crippen LogP contribution is 2.33. The van der Waals surface area contributed by atoms with E-state index in [1.807, 2.05) is 0 Å². The van der Waals surface area contributed by atoms with E-state index in [4.69, 9.17) is 5.73 Å². The molecule has 12 heavy (non-hydrogen) atoms. The van der Waals surface area contributed by atoms with Gasteiger partial charge in [0.05, 0.1) is 0 Å². The van der Waals surface area contributed by atoms with Crippen molar-refractivity contribution in [2.24, 2.45) is 5.73 Å². The second-order valence-electron chi connectivity index (χ2n) is 4.25. The smallest absolute Gasteiger partial charge is 0.0247 e. The van der Waals surface area contributed by atoms with Gasteiger partial charge in [0.1, 0.15) is 0 Å². The minimum Gasteiger partial charge on any atom is -0.326 e. The van der Waals surface area contributed by atoms with Gasteiger partial charge in [0.25, 0.3) is 0 Å². The minimum atomic E-state index is 0.448. The van der Waals surface area contributed by atoms with Crippen molar-refractivity contribution in [2.45, 2.75) is 57.2 Å². The average molecular weight is 168 g/mol. The summed E-state index contributed by atoms with van der Waals surface area (Å²) in [6, 6.07) is 2.04. The molecule has 0 bridgehead atoms. The SMILES string of the molecule is CCC1C(N)CCCN1C1CC1. The molecule has 2 rings (SSSR count). The van der Waals surface area contributed by atoms with E-state index in [2.05, 4.69) is 11.8 Å². The zero-order chi connectivity index (χ0) is 8.55. The first-order valence-corrected chi connectivity index (χ1v) is 5.34. The van der Waals surface area contributed by atoms with Crippen LogP contribution in [0, 0.1) is 0 Å². The third-order valence-corrected chi connectivity index (χ3v) is 3.31. The number of likely N-dealkylation sites (tertiary alicyclic amines) is 1. The van der Waals surface area contributed by atoms with Gasteiger partial charge in [0.2, 0.25) is 0 Å². The first-order valence-electron chi connectivity index (χ1n) is 5.34. The molecule has 1 heterocycles. The maximum Gasteiger partial charge on any atom is 0.0247 e. The van der Waals surface area contributed by atoms with Gasteiger partial charge >= 0.3 is 0 Å². The summed E-state index contributed by atoms with van der Waals surface area (Å²) in [6.45, 7) is 3.57. The molecule has 2 aliphatic rings. The van der Waals surface area contributed by atoms with Crippen LogP contribution in [0.1, 0.15) is 39.0 Å². The van der Waals surface area contributed by atoms with Gasteiger partial charge in [0.15, 0.2) is 0 Å². The lowest BCUT2D eigenvalue weighted by Crippen LogP contribution is -2.52. The predicted octanol–water partition coefficient (Wildman–Crippen LogP) is 1.35. The van der Waals surface area contributed by atoms with Crippen LogP contribution in [-0.2, 0) is 0 Å². The summed E-state index contributed by atoms with van der Waals surface area (Å²) in [7, 11) is 0. The van der Waals surface area contributed by atoms with Crippen LogP contribution in [0.25, 0.3) is 0 Å². The molecule has 0 aromatic carbocycles. The van der Waals surface area contributed by atoms with Gasteiger partial charge in [-0.3, -0.25) is 4.90 Å². The van der Waals surface area contributed by atoms with Crippen molar-refractivity contribution >= 4 is 0 Å². The van der Waals surface area contributed by atoms with Gasteiger partial charge in [-0.25, -0.2) is 0 Å². The molecule has 1 aliphatic carbocycles. The molecule has 0 aromatic rings. The van der Waals surface area contributed by atoms with E-state index < -0.39 is 0 Å². The van der Waals surface area contributed by atoms with Gasteiger partial charge in [-0.2, -0.15) is 0 Å². The van der Waals surface area contributed by atoms with Crippen LogP contribution in [0.5, 0.6) is 0 Å². The molecule has 1 saturated heterocycles. The molecule has 2 atom stereocenters. The van der Waals surface area contributed by atoms with E-state index in [-0.39, 0.29) is 0 Å². The van der Waals surface area contributed by atoms with E-state index in [0.717, 1.165) is 6.04 Å². The Hall–Kier alpha value is -0.0800. The summed E-state index contributed by atoms with van der Waals surface area (Å²) < 4.78 is 0. The lowest BCUT2D eigenvalue weighted by molar-refractivity contribution is 0.116. The van der Waals surface area contributed by atoms with Crippen molar-refractivity contribution in [3.8, 4) is 0 Å². The molecule has 1 saturated carbocycles. The van der Waals surface area contributed by atoms with Crippen molar-refractivity contribution in [3.63, 3.8) is 0 Å². The number of nitrogens with two attached hydrogens (primary N) is 1. The maximum absolute atomic E-state index is 6.10. The van der Waals surface area contributed by atoms with E-state index >= 15 is 0 Å². The van der Waals surface area contributed by atoms with E-state index in [0.29, 0.717) is 12.1 Å². The molecule has 0 amide bonds. The van der Waals surface area contributed by atoms with Crippen molar-refractivity contribution < 1.29 is 0 Å². The van der Waals surface area contributed by atoms with Crippen LogP contribution < -0.4 is 5.73 Å². The summed E-state index contributed by atoms with van der Waals surface area (Å²) in [6.07, 6.45) is 6.63. The Bertz CT molecular complexity index is 154. The Kier molecular flexibility index (Phi) is 2.37. The Balaban J connectivity index is 1.98. The van der Waals surface area contributed by atoms with Crippen LogP contribution in [-0.4, -0.2) is 29.6 Å². The summed E-state index contributed by atoms with van der Waals surface area (Å²) in [5, 5.41) is 0. The first kappa shape index (κ1) is 8.52. The van der Waals surface area contributed by atoms with Crippen LogP contribution in [0.15, 0.2) is 0 Å². The van der Waals surface area contributed by atoms with E-state index in [1.165, 1.54) is 38.6 Å². The number of piperidine rings is 1. The highest BCUT2D eigenvalue weighted by molar-refractivity contribution is 4.94. The Morgan fingerprint density at radius 1 is 1.33 bits per heavy atom. The maximum atomic E-state index is 6.10. The summed E-state index contributed by atoms with van der Waals surface area (Å²) in [4.78, 5) is 2.66. The first-order chi connectivity index (χ1) is 5.83. The molecule has 2 heteroatoms. The lowest BCUT2D eigenvalue weighted by Gasteiger charge is -2.39. The third-order valence-electron chi connectivity index (χ3n) is 3.31. The van der Waals surface area contributed by atoms with Crippen LogP contribution >= 0.6 is 0 Å². The normalized spacial score (nSPS) is 38.5. The largest absolute Gasteiger partial charge is 0.326 e. The fourth-order valence-corrected chi connectivity index (χ4v) is 2.51. The molecule has 0 spiro atoms. The van der Waals surface area contributed by atoms with E-state index in [1.54, 1.807) is 0 Å². The van der Waals surface area contributed by atoms with Gasteiger partial charge < -0.3 is 5.73 Å². The fourth-order valence-electron chi connectivity index (χ4n) is 2.51. The van der Waals surface area contributed by atoms with Crippen molar-refractivity contribution in [2.75, 3.05) is 6.54 Å². The van der Waals surface area contributed by atoms with Gasteiger partial charge in [-0.15, -0.1) is 0 Å². The van der Waals surface area contributed by atoms with Crippen molar-refractivity contribution in [1.29, 1.82) is 0 Å². The van der Waals surface area contributed by atoms with E-state index in [9.17, 15) is 0 Å². The molecular weight excluding hydrogens is 148 g/mol. The second-order valence-corrected chi connectivity index (χ2v) is 4.25. The summed E-state index contributed by atoms with van der Waals surface area (Å²) in [5.74, 6) is 0. The topological polar surface area (TPSA) is 29.3 Å². The molecular formula is C10H20N2. The zero-order valence-electron chi connectivity index (χ0n) is 8.00. The molecule has 1 aliphatic heterocycles. The van der Waals surface area contributed by atoms with Crippen LogP contribution in [0.4, 0.5) is 0 Å². The second kappa shape index (κ2) is 3.35. The predicted molar refractivity (Wildman–Crippen MR) is 51.0 cm³/mol. The Morgan fingerprint density at radius 2 is 2.08 bits per heavy atom. The summed E-state index contributed by atoms with van der Waals surface area (Å²) >= 11 is 0. The standard InChI is InChI=1S/C10H20N2/c1-2-10-9(11)4-3-7-12(10)8-5-6-8/h8-10H,2-7,11H2,1H3. The quantitative estimate of drug-likeness (QED) is 0.674. The third kappa shape index (κ3) is 1.50. The fraction of sp³-hybridized carbons (Fsp3) is 1.00. The number of hydrogen-bond acceptors (Lipinski definition) is 2. The van der Waals surface area contributed by atoms with Crippen molar-refractivity contribution in [1.82, 2.24) is 4.90 Å².